The predicted octanol–water partition coefficient (Wildman–Crippen LogP) is 6.13. The maximum atomic E-state index is 10.9. The second kappa shape index (κ2) is 8.92. The van der Waals surface area contributed by atoms with Crippen LogP contribution in [0.15, 0.2) is 72.8 Å². The van der Waals surface area contributed by atoms with Gasteiger partial charge in [0.1, 0.15) is 17.7 Å². The molecular formula is C27H33N3O4. The number of ether oxygens (including phenoxy) is 2. The van der Waals surface area contributed by atoms with Gasteiger partial charge in [0.25, 0.3) is 0 Å². The van der Waals surface area contributed by atoms with Crippen molar-refractivity contribution in [2.24, 2.45) is 0 Å². The third-order valence-electron chi connectivity index (χ3n) is 7.22. The van der Waals surface area contributed by atoms with Crippen molar-refractivity contribution in [2.45, 2.75) is 44.9 Å². The third-order valence-corrected chi connectivity index (χ3v) is 7.22. The molecule has 180 valence electrons. The van der Waals surface area contributed by atoms with Crippen molar-refractivity contribution in [3.63, 3.8) is 0 Å². The number of hydroxylamine groups is 4. The van der Waals surface area contributed by atoms with E-state index in [0.29, 0.717) is 0 Å². The van der Waals surface area contributed by atoms with Crippen LogP contribution in [-0.4, -0.2) is 45.8 Å². The highest BCUT2D eigenvalue weighted by atomic mass is 16.6. The second-order valence-corrected chi connectivity index (χ2v) is 9.50. The molecule has 2 N–H and O–H groups in total. The van der Waals surface area contributed by atoms with E-state index >= 15 is 0 Å². The van der Waals surface area contributed by atoms with Crippen molar-refractivity contribution in [3.8, 4) is 11.5 Å². The first-order valence-corrected chi connectivity index (χ1v) is 11.3. The van der Waals surface area contributed by atoms with Gasteiger partial charge in [0.15, 0.2) is 0 Å². The van der Waals surface area contributed by atoms with Gasteiger partial charge in [-0.15, -0.1) is 0 Å². The Hall–Kier alpha value is -3.10. The van der Waals surface area contributed by atoms with Crippen molar-refractivity contribution in [2.75, 3.05) is 19.1 Å². The Morgan fingerprint density at radius 3 is 1.26 bits per heavy atom. The molecule has 34 heavy (non-hydrogen) atoms. The first kappa shape index (κ1) is 24.0. The molecule has 0 aliphatic carbocycles. The Morgan fingerprint density at radius 1 is 0.618 bits per heavy atom. The molecule has 1 aliphatic rings. The lowest BCUT2D eigenvalue weighted by molar-refractivity contribution is -0.223. The van der Waals surface area contributed by atoms with Gasteiger partial charge in [-0.3, -0.25) is 0 Å². The van der Waals surface area contributed by atoms with Crippen LogP contribution in [0.4, 0.5) is 17.1 Å². The summed E-state index contributed by atoms with van der Waals surface area (Å²) in [4.78, 5) is 2.12. The lowest BCUT2D eigenvalue weighted by Gasteiger charge is -2.37. The molecule has 1 aliphatic heterocycles. The minimum atomic E-state index is -0.672. The second-order valence-electron chi connectivity index (χ2n) is 9.50. The van der Waals surface area contributed by atoms with Crippen LogP contribution >= 0.6 is 0 Å². The number of hydrogen-bond acceptors (Lipinski definition) is 7. The van der Waals surface area contributed by atoms with E-state index in [1.165, 1.54) is 10.1 Å². The third kappa shape index (κ3) is 3.91. The van der Waals surface area contributed by atoms with Crippen molar-refractivity contribution in [1.82, 2.24) is 10.1 Å². The van der Waals surface area contributed by atoms with E-state index in [2.05, 4.69) is 4.90 Å². The van der Waals surface area contributed by atoms with E-state index in [1.807, 2.05) is 100 Å². The molecule has 0 atom stereocenters. The fourth-order valence-electron chi connectivity index (χ4n) is 4.26. The molecule has 3 aromatic rings. The van der Waals surface area contributed by atoms with E-state index in [1.54, 1.807) is 14.2 Å². The Morgan fingerprint density at radius 2 is 0.941 bits per heavy atom. The molecule has 3 aromatic carbocycles. The summed E-state index contributed by atoms with van der Waals surface area (Å²) in [6.07, 6.45) is -0.672. The van der Waals surface area contributed by atoms with Crippen LogP contribution in [0.3, 0.4) is 0 Å². The number of anilines is 3. The zero-order chi connectivity index (χ0) is 24.7. The molecule has 0 saturated carbocycles. The Kier molecular flexibility index (Phi) is 6.31. The van der Waals surface area contributed by atoms with Gasteiger partial charge >= 0.3 is 0 Å². The summed E-state index contributed by atoms with van der Waals surface area (Å²) < 4.78 is 10.7. The topological polar surface area (TPSA) is 68.6 Å². The molecule has 1 heterocycles. The number of hydrogen-bond donors (Lipinski definition) is 2. The smallest absolute Gasteiger partial charge is 0.136 e. The van der Waals surface area contributed by atoms with Gasteiger partial charge in [-0.2, -0.15) is 10.1 Å². The largest absolute Gasteiger partial charge is 0.497 e. The van der Waals surface area contributed by atoms with Crippen LogP contribution in [0.1, 0.15) is 39.4 Å². The van der Waals surface area contributed by atoms with Crippen LogP contribution in [0.2, 0.25) is 0 Å². The molecule has 0 aromatic heterocycles. The highest BCUT2D eigenvalue weighted by molar-refractivity contribution is 5.77. The standard InChI is InChI=1S/C27H33N3O4/c1-26(2)27(3,4)30(32)25(29(26)31)19-7-9-20(10-8-19)28(21-11-15-23(33-5)16-12-21)22-13-17-24(34-6)18-14-22/h7-18,25,31-32H,1-6H3. The summed E-state index contributed by atoms with van der Waals surface area (Å²) in [7, 11) is 3.30. The average Bonchev–Trinajstić information content (AvgIpc) is 2.97. The van der Waals surface area contributed by atoms with Gasteiger partial charge in [-0.05, 0) is 93.9 Å². The van der Waals surface area contributed by atoms with Crippen LogP contribution in [0.25, 0.3) is 0 Å². The van der Waals surface area contributed by atoms with Gasteiger partial charge in [0.05, 0.1) is 25.3 Å². The summed E-state index contributed by atoms with van der Waals surface area (Å²) in [6.45, 7) is 7.67. The molecule has 0 radical (unpaired) electrons. The monoisotopic (exact) mass is 463 g/mol. The van der Waals surface area contributed by atoms with Gasteiger partial charge in [-0.25, -0.2) is 0 Å². The highest BCUT2D eigenvalue weighted by Crippen LogP contribution is 2.48. The fraction of sp³-hybridized carbons (Fsp3) is 0.333. The quantitative estimate of drug-likeness (QED) is 0.456. The first-order chi connectivity index (χ1) is 16.1. The van der Waals surface area contributed by atoms with E-state index in [0.717, 1.165) is 34.1 Å². The van der Waals surface area contributed by atoms with Gasteiger partial charge < -0.3 is 24.8 Å². The van der Waals surface area contributed by atoms with Crippen molar-refractivity contribution >= 4 is 17.1 Å². The Bertz CT molecular complexity index is 1040. The summed E-state index contributed by atoms with van der Waals surface area (Å²) >= 11 is 0. The molecule has 0 unspecified atom stereocenters. The number of nitrogens with zero attached hydrogens (tertiary/aromatic N) is 3. The fourth-order valence-corrected chi connectivity index (χ4v) is 4.26. The molecular weight excluding hydrogens is 430 g/mol. The van der Waals surface area contributed by atoms with Crippen molar-refractivity contribution < 1.29 is 19.9 Å². The summed E-state index contributed by atoms with van der Waals surface area (Å²) in [5.41, 5.74) is 2.36. The maximum absolute atomic E-state index is 10.9. The normalized spacial score (nSPS) is 18.1. The number of methoxy groups -OCH3 is 2. The van der Waals surface area contributed by atoms with Crippen molar-refractivity contribution in [1.29, 1.82) is 0 Å². The van der Waals surface area contributed by atoms with Gasteiger partial charge in [0.2, 0.25) is 0 Å². The summed E-state index contributed by atoms with van der Waals surface area (Å²) in [5.74, 6) is 1.57. The van der Waals surface area contributed by atoms with E-state index in [9.17, 15) is 10.4 Å². The molecule has 4 rings (SSSR count). The van der Waals surface area contributed by atoms with E-state index in [-0.39, 0.29) is 0 Å². The minimum Gasteiger partial charge on any atom is -0.497 e. The van der Waals surface area contributed by atoms with Crippen LogP contribution < -0.4 is 14.4 Å². The molecule has 0 amide bonds. The minimum absolute atomic E-state index is 0.649. The molecule has 0 bridgehead atoms. The molecule has 1 saturated heterocycles. The average molecular weight is 464 g/mol. The zero-order valence-electron chi connectivity index (χ0n) is 20.6. The van der Waals surface area contributed by atoms with Crippen LogP contribution in [0, 0.1) is 0 Å². The highest BCUT2D eigenvalue weighted by Gasteiger charge is 2.58. The van der Waals surface area contributed by atoms with Crippen LogP contribution in [0.5, 0.6) is 11.5 Å². The SMILES string of the molecule is COc1ccc(N(c2ccc(OC)cc2)c2ccc(C3N(O)C(C)(C)C(C)(C)N3O)cc2)cc1. The van der Waals surface area contributed by atoms with Crippen LogP contribution in [-0.2, 0) is 0 Å². The lowest BCUT2D eigenvalue weighted by Crippen LogP contribution is -2.52. The summed E-state index contributed by atoms with van der Waals surface area (Å²) in [6, 6.07) is 23.6. The van der Waals surface area contributed by atoms with E-state index in [4.69, 9.17) is 9.47 Å². The summed E-state index contributed by atoms with van der Waals surface area (Å²) in [5, 5.41) is 24.3. The zero-order valence-corrected chi connectivity index (χ0v) is 20.6. The molecule has 7 heteroatoms. The molecule has 1 fully saturated rings. The predicted molar refractivity (Wildman–Crippen MR) is 132 cm³/mol. The lowest BCUT2D eigenvalue weighted by atomic mass is 9.84. The Balaban J connectivity index is 1.72. The molecule has 0 spiro atoms. The van der Waals surface area contributed by atoms with E-state index < -0.39 is 17.2 Å². The number of rotatable bonds is 6. The van der Waals surface area contributed by atoms with Gasteiger partial charge in [-0.1, -0.05) is 12.1 Å². The van der Waals surface area contributed by atoms with Crippen molar-refractivity contribution in [3.05, 3.63) is 78.4 Å². The molecule has 7 nitrogen and oxygen atoms in total. The first-order valence-electron chi connectivity index (χ1n) is 11.3. The maximum Gasteiger partial charge on any atom is 0.136 e. The number of benzene rings is 3. The Labute approximate surface area is 201 Å². The van der Waals surface area contributed by atoms with Gasteiger partial charge in [0, 0.05) is 17.1 Å².